The molecule has 7 nitrogen and oxygen atoms in total. The lowest BCUT2D eigenvalue weighted by Gasteiger charge is -2.10. The van der Waals surface area contributed by atoms with Crippen molar-refractivity contribution in [2.45, 2.75) is 20.5 Å². The van der Waals surface area contributed by atoms with Crippen LogP contribution in [0.1, 0.15) is 29.3 Å². The van der Waals surface area contributed by atoms with E-state index in [1.807, 2.05) is 38.1 Å². The predicted molar refractivity (Wildman–Crippen MR) is 99.8 cm³/mol. The van der Waals surface area contributed by atoms with Crippen molar-refractivity contribution >= 4 is 12.0 Å². The average Bonchev–Trinajstić information content (AvgIpc) is 2.63. The molecular formula is C19H22N4O3. The maximum Gasteiger partial charge on any atom is 0.164 e. The van der Waals surface area contributed by atoms with Gasteiger partial charge in [-0.1, -0.05) is 0 Å². The fourth-order valence-electron chi connectivity index (χ4n) is 2.42. The number of nitriles is 1. The number of benzene rings is 1. The molecule has 0 saturated heterocycles. The topological polar surface area (TPSA) is 88.8 Å². The molecule has 2 rings (SSSR count). The summed E-state index contributed by atoms with van der Waals surface area (Å²) in [5.74, 6) is 1.70. The van der Waals surface area contributed by atoms with Crippen LogP contribution in [0.3, 0.4) is 0 Å². The molecule has 0 spiro atoms. The Hall–Kier alpha value is -3.11. The van der Waals surface area contributed by atoms with Crippen molar-refractivity contribution in [3.05, 3.63) is 46.6 Å². The summed E-state index contributed by atoms with van der Waals surface area (Å²) in [5, 5.41) is 13.6. The molecule has 0 aliphatic heterocycles. The Morgan fingerprint density at radius 1 is 1.27 bits per heavy atom. The Bertz CT molecular complexity index is 828. The molecule has 1 heterocycles. The lowest BCUT2D eigenvalue weighted by Crippen LogP contribution is -2.03. The number of rotatable bonds is 8. The van der Waals surface area contributed by atoms with Crippen LogP contribution < -0.4 is 14.9 Å². The summed E-state index contributed by atoms with van der Waals surface area (Å²) in [6.07, 6.45) is 1.62. The van der Waals surface area contributed by atoms with E-state index in [0.717, 1.165) is 16.8 Å². The standard InChI is InChI=1S/C19H22N4O3/c1-5-26-17-7-6-14(9-18(17)25-4)11-21-23-19-16(10-20)15(12-24-3)8-13(2)22-19/h6-9,11H,5,12H2,1-4H3,(H,22,23)/b21-11-. The fourth-order valence-corrected chi connectivity index (χ4v) is 2.42. The highest BCUT2D eigenvalue weighted by molar-refractivity contribution is 5.81. The molecule has 26 heavy (non-hydrogen) atoms. The number of nitrogens with one attached hydrogen (secondary N) is 1. The number of pyridine rings is 1. The van der Waals surface area contributed by atoms with Crippen LogP contribution >= 0.6 is 0 Å². The molecule has 0 atom stereocenters. The van der Waals surface area contributed by atoms with Crippen molar-refractivity contribution in [1.82, 2.24) is 4.98 Å². The molecule has 1 N–H and O–H groups in total. The van der Waals surface area contributed by atoms with Gasteiger partial charge in [0.1, 0.15) is 11.6 Å². The van der Waals surface area contributed by atoms with E-state index >= 15 is 0 Å². The second kappa shape index (κ2) is 9.39. The van der Waals surface area contributed by atoms with Gasteiger partial charge in [0.15, 0.2) is 17.3 Å². The maximum atomic E-state index is 9.41. The highest BCUT2D eigenvalue weighted by atomic mass is 16.5. The number of anilines is 1. The van der Waals surface area contributed by atoms with Crippen LogP contribution in [0.25, 0.3) is 0 Å². The molecule has 7 heteroatoms. The van der Waals surface area contributed by atoms with Crippen LogP contribution in [0.15, 0.2) is 29.4 Å². The van der Waals surface area contributed by atoms with E-state index in [0.29, 0.717) is 36.1 Å². The van der Waals surface area contributed by atoms with Gasteiger partial charge < -0.3 is 14.2 Å². The van der Waals surface area contributed by atoms with Crippen molar-refractivity contribution in [2.75, 3.05) is 26.3 Å². The number of aryl methyl sites for hydroxylation is 1. The first kappa shape index (κ1) is 19.2. The molecule has 136 valence electrons. The Morgan fingerprint density at radius 2 is 2.08 bits per heavy atom. The molecule has 1 aromatic carbocycles. The van der Waals surface area contributed by atoms with Gasteiger partial charge in [0, 0.05) is 18.4 Å². The molecule has 0 bridgehead atoms. The van der Waals surface area contributed by atoms with E-state index in [4.69, 9.17) is 14.2 Å². The third kappa shape index (κ3) is 4.71. The Labute approximate surface area is 153 Å². The molecule has 0 amide bonds. The number of aromatic nitrogens is 1. The molecule has 0 aliphatic carbocycles. The lowest BCUT2D eigenvalue weighted by atomic mass is 10.1. The van der Waals surface area contributed by atoms with Gasteiger partial charge in [0.25, 0.3) is 0 Å². The molecule has 0 saturated carbocycles. The van der Waals surface area contributed by atoms with Crippen molar-refractivity contribution in [3.63, 3.8) is 0 Å². The van der Waals surface area contributed by atoms with Gasteiger partial charge in [-0.25, -0.2) is 4.98 Å². The largest absolute Gasteiger partial charge is 0.493 e. The fraction of sp³-hybridized carbons (Fsp3) is 0.316. The summed E-state index contributed by atoms with van der Waals surface area (Å²) in [5.41, 5.74) is 5.61. The van der Waals surface area contributed by atoms with E-state index in [1.54, 1.807) is 20.4 Å². The number of hydrogen-bond donors (Lipinski definition) is 1. The minimum atomic E-state index is 0.334. The first-order valence-corrected chi connectivity index (χ1v) is 8.12. The number of hydrogen-bond acceptors (Lipinski definition) is 7. The van der Waals surface area contributed by atoms with Gasteiger partial charge in [-0.2, -0.15) is 10.4 Å². The monoisotopic (exact) mass is 354 g/mol. The number of methoxy groups -OCH3 is 2. The summed E-state index contributed by atoms with van der Waals surface area (Å²) >= 11 is 0. The van der Waals surface area contributed by atoms with Crippen LogP contribution in [-0.4, -0.2) is 32.0 Å². The SMILES string of the molecule is CCOc1ccc(/C=N\Nc2nc(C)cc(COC)c2C#N)cc1OC. The smallest absolute Gasteiger partial charge is 0.164 e. The van der Waals surface area contributed by atoms with Crippen molar-refractivity contribution in [2.24, 2.45) is 5.10 Å². The second-order valence-electron chi connectivity index (χ2n) is 5.40. The lowest BCUT2D eigenvalue weighted by molar-refractivity contribution is 0.184. The highest BCUT2D eigenvalue weighted by Crippen LogP contribution is 2.27. The summed E-state index contributed by atoms with van der Waals surface area (Å²) in [4.78, 5) is 4.34. The molecule has 0 fully saturated rings. The minimum absolute atomic E-state index is 0.334. The van der Waals surface area contributed by atoms with E-state index < -0.39 is 0 Å². The number of hydrazone groups is 1. The first-order chi connectivity index (χ1) is 12.6. The highest BCUT2D eigenvalue weighted by Gasteiger charge is 2.11. The summed E-state index contributed by atoms with van der Waals surface area (Å²) < 4.78 is 16.0. The molecule has 2 aromatic rings. The molecule has 0 aliphatic rings. The average molecular weight is 354 g/mol. The summed E-state index contributed by atoms with van der Waals surface area (Å²) in [7, 11) is 3.17. The van der Waals surface area contributed by atoms with Crippen molar-refractivity contribution < 1.29 is 14.2 Å². The summed E-state index contributed by atoms with van der Waals surface area (Å²) in [6.45, 7) is 4.66. The van der Waals surface area contributed by atoms with Crippen LogP contribution in [0.4, 0.5) is 5.82 Å². The Morgan fingerprint density at radius 3 is 2.73 bits per heavy atom. The molecular weight excluding hydrogens is 332 g/mol. The van der Waals surface area contributed by atoms with E-state index in [9.17, 15) is 5.26 Å². The first-order valence-electron chi connectivity index (χ1n) is 8.12. The van der Waals surface area contributed by atoms with Crippen LogP contribution in [0, 0.1) is 18.3 Å². The van der Waals surface area contributed by atoms with Gasteiger partial charge in [-0.15, -0.1) is 0 Å². The zero-order valence-corrected chi connectivity index (χ0v) is 15.4. The molecule has 0 unspecified atom stereocenters. The van der Waals surface area contributed by atoms with Crippen molar-refractivity contribution in [3.8, 4) is 17.6 Å². The second-order valence-corrected chi connectivity index (χ2v) is 5.40. The molecule has 1 aromatic heterocycles. The third-order valence-corrected chi connectivity index (χ3v) is 3.51. The van der Waals surface area contributed by atoms with E-state index in [-0.39, 0.29) is 0 Å². The zero-order valence-electron chi connectivity index (χ0n) is 15.4. The van der Waals surface area contributed by atoms with Crippen molar-refractivity contribution in [1.29, 1.82) is 5.26 Å². The van der Waals surface area contributed by atoms with Crippen LogP contribution in [-0.2, 0) is 11.3 Å². The quantitative estimate of drug-likeness (QED) is 0.578. The van der Waals surface area contributed by atoms with Gasteiger partial charge in [-0.05, 0) is 43.7 Å². The summed E-state index contributed by atoms with van der Waals surface area (Å²) in [6, 6.07) is 9.49. The van der Waals surface area contributed by atoms with E-state index in [1.165, 1.54) is 0 Å². The number of nitrogens with zero attached hydrogens (tertiary/aromatic N) is 3. The predicted octanol–water partition coefficient (Wildman–Crippen LogP) is 3.26. The zero-order chi connectivity index (χ0) is 18.9. The van der Waals surface area contributed by atoms with Gasteiger partial charge in [0.05, 0.1) is 26.5 Å². The van der Waals surface area contributed by atoms with E-state index in [2.05, 4.69) is 21.6 Å². The van der Waals surface area contributed by atoms with Gasteiger partial charge >= 0.3 is 0 Å². The third-order valence-electron chi connectivity index (χ3n) is 3.51. The van der Waals surface area contributed by atoms with Gasteiger partial charge in [0.2, 0.25) is 0 Å². The molecule has 0 radical (unpaired) electrons. The van der Waals surface area contributed by atoms with Gasteiger partial charge in [-0.3, -0.25) is 5.43 Å². The van der Waals surface area contributed by atoms with Crippen LogP contribution in [0.2, 0.25) is 0 Å². The maximum absolute atomic E-state index is 9.41. The number of ether oxygens (including phenoxy) is 3. The Balaban J connectivity index is 2.22. The Kier molecular flexibility index (Phi) is 6.94. The normalized spacial score (nSPS) is 10.6. The minimum Gasteiger partial charge on any atom is -0.493 e. The van der Waals surface area contributed by atoms with Crippen LogP contribution in [0.5, 0.6) is 11.5 Å².